The molecule has 0 atom stereocenters. The van der Waals surface area contributed by atoms with Gasteiger partial charge in [0.15, 0.2) is 0 Å². The molecule has 0 aromatic carbocycles. The minimum atomic E-state index is -0.564. The van der Waals surface area contributed by atoms with Gasteiger partial charge in [0.2, 0.25) is 5.78 Å². The van der Waals surface area contributed by atoms with Crippen molar-refractivity contribution >= 4 is 21.7 Å². The van der Waals surface area contributed by atoms with Crippen LogP contribution in [0.5, 0.6) is 0 Å². The highest BCUT2D eigenvalue weighted by Gasteiger charge is 2.31. The topological polar surface area (TPSA) is 46.9 Å². The van der Waals surface area contributed by atoms with E-state index in [9.17, 15) is 4.79 Å². The Morgan fingerprint density at radius 1 is 1.67 bits per heavy atom. The first-order valence-electron chi connectivity index (χ1n) is 4.87. The van der Waals surface area contributed by atoms with Crippen molar-refractivity contribution in [2.24, 2.45) is 7.05 Å². The molecule has 0 amide bonds. The van der Waals surface area contributed by atoms with E-state index in [1.54, 1.807) is 17.9 Å². The normalized spacial score (nSPS) is 11.8. The standard InChI is InChI=1S/C10H16BrN3O/c1-5-12-10(2,3)9(15)8-7(11)6-13-14(8)4/h6,12H,5H2,1-4H3. The van der Waals surface area contributed by atoms with Gasteiger partial charge in [0, 0.05) is 7.05 Å². The number of carbonyl (C=O) groups is 1. The molecule has 0 aliphatic heterocycles. The van der Waals surface area contributed by atoms with E-state index in [4.69, 9.17) is 0 Å². The van der Waals surface area contributed by atoms with E-state index in [1.165, 1.54) is 0 Å². The summed E-state index contributed by atoms with van der Waals surface area (Å²) < 4.78 is 2.33. The van der Waals surface area contributed by atoms with Crippen molar-refractivity contribution in [3.63, 3.8) is 0 Å². The summed E-state index contributed by atoms with van der Waals surface area (Å²) in [6.07, 6.45) is 1.63. The zero-order valence-corrected chi connectivity index (χ0v) is 11.1. The van der Waals surface area contributed by atoms with Crippen molar-refractivity contribution in [2.45, 2.75) is 26.3 Å². The van der Waals surface area contributed by atoms with Gasteiger partial charge in [-0.3, -0.25) is 9.48 Å². The molecule has 1 aromatic heterocycles. The summed E-state index contributed by atoms with van der Waals surface area (Å²) in [5.74, 6) is 0.0382. The average molecular weight is 274 g/mol. The molecule has 15 heavy (non-hydrogen) atoms. The predicted octanol–water partition coefficient (Wildman–Crippen LogP) is 1.75. The first kappa shape index (κ1) is 12.4. The van der Waals surface area contributed by atoms with Crippen LogP contribution in [0.4, 0.5) is 0 Å². The van der Waals surface area contributed by atoms with Crippen LogP contribution in [-0.4, -0.2) is 27.6 Å². The van der Waals surface area contributed by atoms with Gasteiger partial charge in [-0.05, 0) is 36.3 Å². The second-order valence-electron chi connectivity index (χ2n) is 3.95. The van der Waals surface area contributed by atoms with E-state index in [1.807, 2.05) is 20.8 Å². The summed E-state index contributed by atoms with van der Waals surface area (Å²) in [4.78, 5) is 12.2. The third kappa shape index (κ3) is 2.46. The molecule has 1 rings (SSSR count). The third-order valence-electron chi connectivity index (χ3n) is 2.30. The largest absolute Gasteiger partial charge is 0.305 e. The second-order valence-corrected chi connectivity index (χ2v) is 4.80. The molecule has 1 heterocycles. The van der Waals surface area contributed by atoms with Crippen LogP contribution < -0.4 is 5.32 Å². The predicted molar refractivity (Wildman–Crippen MR) is 63.0 cm³/mol. The van der Waals surface area contributed by atoms with Gasteiger partial charge in [-0.1, -0.05) is 6.92 Å². The molecule has 0 bridgehead atoms. The number of aromatic nitrogens is 2. The van der Waals surface area contributed by atoms with Crippen molar-refractivity contribution in [3.05, 3.63) is 16.4 Å². The van der Waals surface area contributed by atoms with Crippen molar-refractivity contribution in [1.29, 1.82) is 0 Å². The summed E-state index contributed by atoms with van der Waals surface area (Å²) in [5.41, 5.74) is 0.0337. The lowest BCUT2D eigenvalue weighted by molar-refractivity contribution is 0.0873. The van der Waals surface area contributed by atoms with Gasteiger partial charge < -0.3 is 5.32 Å². The van der Waals surface area contributed by atoms with Crippen LogP contribution in [0.2, 0.25) is 0 Å². The number of nitrogens with zero attached hydrogens (tertiary/aromatic N) is 2. The van der Waals surface area contributed by atoms with Crippen LogP contribution in [-0.2, 0) is 7.05 Å². The molecule has 0 unspecified atom stereocenters. The van der Waals surface area contributed by atoms with Gasteiger partial charge >= 0.3 is 0 Å². The van der Waals surface area contributed by atoms with Gasteiger partial charge in [0.05, 0.1) is 16.2 Å². The number of likely N-dealkylation sites (N-methyl/N-ethyl adjacent to an activating group) is 1. The number of aryl methyl sites for hydroxylation is 1. The molecule has 5 heteroatoms. The summed E-state index contributed by atoms with van der Waals surface area (Å²) in [7, 11) is 1.76. The zero-order chi connectivity index (χ0) is 11.6. The third-order valence-corrected chi connectivity index (χ3v) is 2.88. The minimum Gasteiger partial charge on any atom is -0.305 e. The first-order valence-corrected chi connectivity index (χ1v) is 5.66. The first-order chi connectivity index (χ1) is 6.90. The van der Waals surface area contributed by atoms with Crippen LogP contribution in [0.1, 0.15) is 31.3 Å². The summed E-state index contributed by atoms with van der Waals surface area (Å²) in [5, 5.41) is 7.18. The van der Waals surface area contributed by atoms with Gasteiger partial charge in [-0.15, -0.1) is 0 Å². The Balaban J connectivity index is 3.04. The SMILES string of the molecule is CCNC(C)(C)C(=O)c1c(Br)cnn1C. The highest BCUT2D eigenvalue weighted by atomic mass is 79.9. The van der Waals surface area contributed by atoms with E-state index in [-0.39, 0.29) is 5.78 Å². The van der Waals surface area contributed by atoms with Gasteiger partial charge in [0.25, 0.3) is 0 Å². The Bertz CT molecular complexity index is 351. The Hall–Kier alpha value is -0.680. The Kier molecular flexibility index (Phi) is 3.67. The monoisotopic (exact) mass is 273 g/mol. The number of hydrogen-bond acceptors (Lipinski definition) is 3. The molecule has 0 saturated heterocycles. The lowest BCUT2D eigenvalue weighted by Gasteiger charge is -2.24. The summed E-state index contributed by atoms with van der Waals surface area (Å²) >= 11 is 3.33. The number of Topliss-reactive ketones (excluding diaryl/α,β-unsaturated/α-hetero) is 1. The maximum absolute atomic E-state index is 12.2. The molecule has 1 N–H and O–H groups in total. The fraction of sp³-hybridized carbons (Fsp3) is 0.600. The van der Waals surface area contributed by atoms with Crippen molar-refractivity contribution in [2.75, 3.05) is 6.54 Å². The maximum Gasteiger partial charge on any atom is 0.201 e. The molecule has 0 fully saturated rings. The molecule has 84 valence electrons. The number of rotatable bonds is 4. The molecule has 1 aromatic rings. The van der Waals surface area contributed by atoms with Crippen molar-refractivity contribution in [1.82, 2.24) is 15.1 Å². The molecule has 0 saturated carbocycles. The second kappa shape index (κ2) is 4.45. The van der Waals surface area contributed by atoms with Gasteiger partial charge in [-0.2, -0.15) is 5.10 Å². The van der Waals surface area contributed by atoms with Crippen LogP contribution in [0.25, 0.3) is 0 Å². The van der Waals surface area contributed by atoms with Crippen LogP contribution in [0.15, 0.2) is 10.7 Å². The number of carbonyl (C=O) groups excluding carboxylic acids is 1. The Morgan fingerprint density at radius 2 is 2.27 bits per heavy atom. The molecule has 0 radical (unpaired) electrons. The zero-order valence-electron chi connectivity index (χ0n) is 9.47. The lowest BCUT2D eigenvalue weighted by Crippen LogP contribution is -2.47. The van der Waals surface area contributed by atoms with Gasteiger partial charge in [0.1, 0.15) is 5.69 Å². The van der Waals surface area contributed by atoms with Gasteiger partial charge in [-0.25, -0.2) is 0 Å². The molecule has 0 aliphatic rings. The Morgan fingerprint density at radius 3 is 2.67 bits per heavy atom. The maximum atomic E-state index is 12.2. The van der Waals surface area contributed by atoms with E-state index in [0.717, 1.165) is 11.0 Å². The fourth-order valence-corrected chi connectivity index (χ4v) is 2.01. The van der Waals surface area contributed by atoms with Crippen LogP contribution in [0, 0.1) is 0 Å². The van der Waals surface area contributed by atoms with Crippen LogP contribution >= 0.6 is 15.9 Å². The fourth-order valence-electron chi connectivity index (χ4n) is 1.48. The smallest absolute Gasteiger partial charge is 0.201 e. The highest BCUT2D eigenvalue weighted by molar-refractivity contribution is 9.10. The van der Waals surface area contributed by atoms with Crippen molar-refractivity contribution in [3.8, 4) is 0 Å². The van der Waals surface area contributed by atoms with E-state index in [2.05, 4.69) is 26.3 Å². The molecular formula is C10H16BrN3O. The van der Waals surface area contributed by atoms with Crippen molar-refractivity contribution < 1.29 is 4.79 Å². The van der Waals surface area contributed by atoms with Crippen LogP contribution in [0.3, 0.4) is 0 Å². The Labute approximate surface area is 98.2 Å². The molecule has 4 nitrogen and oxygen atoms in total. The number of hydrogen-bond donors (Lipinski definition) is 1. The minimum absolute atomic E-state index is 0.0382. The molecule has 0 aliphatic carbocycles. The average Bonchev–Trinajstić information content (AvgIpc) is 2.45. The van der Waals surface area contributed by atoms with E-state index >= 15 is 0 Å². The molecular weight excluding hydrogens is 258 g/mol. The summed E-state index contributed by atoms with van der Waals surface area (Å²) in [6, 6.07) is 0. The molecule has 0 spiro atoms. The number of halogens is 1. The number of nitrogens with one attached hydrogen (secondary N) is 1. The van der Waals surface area contributed by atoms with E-state index in [0.29, 0.717) is 5.69 Å². The highest BCUT2D eigenvalue weighted by Crippen LogP contribution is 2.20. The number of ketones is 1. The lowest BCUT2D eigenvalue weighted by atomic mass is 9.96. The van der Waals surface area contributed by atoms with E-state index < -0.39 is 5.54 Å². The quantitative estimate of drug-likeness (QED) is 0.851. The summed E-state index contributed by atoms with van der Waals surface area (Å²) in [6.45, 7) is 6.48.